The summed E-state index contributed by atoms with van der Waals surface area (Å²) in [5.41, 5.74) is -0.806. The number of methoxy groups -OCH3 is 1. The zero-order chi connectivity index (χ0) is 21.9. The highest BCUT2D eigenvalue weighted by atomic mass is 16.6. The van der Waals surface area contributed by atoms with Gasteiger partial charge in [0.1, 0.15) is 17.8 Å². The number of benzene rings is 2. The Hall–Kier alpha value is -3.95. The van der Waals surface area contributed by atoms with Gasteiger partial charge in [-0.1, -0.05) is 37.3 Å². The Bertz CT molecular complexity index is 1010. The van der Waals surface area contributed by atoms with Crippen LogP contribution in [0.15, 0.2) is 48.5 Å². The van der Waals surface area contributed by atoms with Gasteiger partial charge in [-0.05, 0) is 18.1 Å². The monoisotopic (exact) mass is 412 g/mol. The lowest BCUT2D eigenvalue weighted by Crippen LogP contribution is -2.44. The van der Waals surface area contributed by atoms with E-state index in [0.717, 1.165) is 11.0 Å². The number of anilines is 1. The summed E-state index contributed by atoms with van der Waals surface area (Å²) in [6.07, 6.45) is 0.304. The number of nitrogens with one attached hydrogen (secondary N) is 2. The van der Waals surface area contributed by atoms with Crippen molar-refractivity contribution in [1.29, 1.82) is 0 Å². The number of nitro benzene ring substituents is 1. The lowest BCUT2D eigenvalue weighted by Gasteiger charge is -2.25. The Labute approximate surface area is 172 Å². The number of amides is 4. The molecular weight excluding hydrogens is 392 g/mol. The molecule has 1 aliphatic heterocycles. The van der Waals surface area contributed by atoms with Crippen molar-refractivity contribution in [2.75, 3.05) is 19.0 Å². The summed E-state index contributed by atoms with van der Waals surface area (Å²) in [6.45, 7) is 1.22. The Morgan fingerprint density at radius 1 is 1.23 bits per heavy atom. The Morgan fingerprint density at radius 3 is 2.53 bits per heavy atom. The number of hydrogen-bond donors (Lipinski definition) is 2. The van der Waals surface area contributed by atoms with E-state index in [2.05, 4.69) is 10.6 Å². The van der Waals surface area contributed by atoms with Gasteiger partial charge in [-0.15, -0.1) is 0 Å². The van der Waals surface area contributed by atoms with Gasteiger partial charge in [0.2, 0.25) is 5.91 Å². The average Bonchev–Trinajstić information content (AvgIpc) is 2.99. The predicted octanol–water partition coefficient (Wildman–Crippen LogP) is 2.40. The number of nitro groups is 1. The van der Waals surface area contributed by atoms with Crippen molar-refractivity contribution in [3.05, 3.63) is 64.2 Å². The molecule has 0 aliphatic carbocycles. The van der Waals surface area contributed by atoms with Crippen molar-refractivity contribution in [2.45, 2.75) is 18.9 Å². The second kappa shape index (κ2) is 8.19. The predicted molar refractivity (Wildman–Crippen MR) is 107 cm³/mol. The van der Waals surface area contributed by atoms with Crippen LogP contribution < -0.4 is 15.4 Å². The highest BCUT2D eigenvalue weighted by Crippen LogP contribution is 2.33. The number of nitrogens with zero attached hydrogens (tertiary/aromatic N) is 2. The molecule has 10 heteroatoms. The van der Waals surface area contributed by atoms with Crippen LogP contribution in [0, 0.1) is 10.1 Å². The van der Waals surface area contributed by atoms with Crippen LogP contribution in [-0.4, -0.2) is 41.3 Å². The molecule has 10 nitrogen and oxygen atoms in total. The highest BCUT2D eigenvalue weighted by molar-refractivity contribution is 6.10. The van der Waals surface area contributed by atoms with Crippen LogP contribution >= 0.6 is 0 Å². The number of carbonyl (C=O) groups excluding carboxylic acids is 3. The largest absolute Gasteiger partial charge is 0.495 e. The minimum atomic E-state index is -1.25. The van der Waals surface area contributed by atoms with Gasteiger partial charge in [-0.2, -0.15) is 0 Å². The maximum absolute atomic E-state index is 13.1. The Balaban J connectivity index is 1.81. The van der Waals surface area contributed by atoms with Gasteiger partial charge in [0.15, 0.2) is 0 Å². The fourth-order valence-electron chi connectivity index (χ4n) is 3.37. The van der Waals surface area contributed by atoms with Crippen LogP contribution in [0.5, 0.6) is 5.75 Å². The molecule has 4 amide bonds. The van der Waals surface area contributed by atoms with Crippen LogP contribution in [0.4, 0.5) is 16.2 Å². The molecule has 1 heterocycles. The van der Waals surface area contributed by atoms with Crippen LogP contribution in [0.25, 0.3) is 0 Å². The number of ether oxygens (including phenoxy) is 1. The van der Waals surface area contributed by atoms with Crippen molar-refractivity contribution in [3.8, 4) is 5.75 Å². The van der Waals surface area contributed by atoms with Crippen LogP contribution in [-0.2, 0) is 15.1 Å². The van der Waals surface area contributed by atoms with Crippen molar-refractivity contribution < 1.29 is 24.0 Å². The van der Waals surface area contributed by atoms with Gasteiger partial charge in [-0.3, -0.25) is 24.6 Å². The summed E-state index contributed by atoms with van der Waals surface area (Å²) >= 11 is 0. The van der Waals surface area contributed by atoms with Gasteiger partial charge >= 0.3 is 6.03 Å². The molecule has 0 radical (unpaired) electrons. The first-order valence-electron chi connectivity index (χ1n) is 9.14. The second-order valence-corrected chi connectivity index (χ2v) is 6.64. The van der Waals surface area contributed by atoms with Gasteiger partial charge < -0.3 is 15.4 Å². The summed E-state index contributed by atoms with van der Waals surface area (Å²) in [7, 11) is 1.35. The fraction of sp³-hybridized carbons (Fsp3) is 0.250. The average molecular weight is 412 g/mol. The third kappa shape index (κ3) is 3.66. The van der Waals surface area contributed by atoms with E-state index in [9.17, 15) is 24.5 Å². The van der Waals surface area contributed by atoms with E-state index in [0.29, 0.717) is 12.0 Å². The van der Waals surface area contributed by atoms with Gasteiger partial charge in [-0.25, -0.2) is 4.79 Å². The topological polar surface area (TPSA) is 131 Å². The maximum atomic E-state index is 13.1. The summed E-state index contributed by atoms with van der Waals surface area (Å²) in [6, 6.07) is 11.8. The summed E-state index contributed by atoms with van der Waals surface area (Å²) in [5, 5.41) is 16.1. The Morgan fingerprint density at radius 2 is 1.93 bits per heavy atom. The van der Waals surface area contributed by atoms with Gasteiger partial charge in [0, 0.05) is 12.1 Å². The molecule has 0 aromatic heterocycles. The molecule has 1 aliphatic rings. The number of urea groups is 1. The molecular formula is C20H20N4O6. The first-order chi connectivity index (χ1) is 14.3. The first kappa shape index (κ1) is 20.8. The Kier molecular flexibility index (Phi) is 5.67. The van der Waals surface area contributed by atoms with Crippen molar-refractivity contribution in [1.82, 2.24) is 10.2 Å². The third-order valence-corrected chi connectivity index (χ3v) is 4.94. The van der Waals surface area contributed by atoms with Crippen molar-refractivity contribution >= 4 is 29.2 Å². The molecule has 0 bridgehead atoms. The van der Waals surface area contributed by atoms with E-state index < -0.39 is 34.9 Å². The number of non-ortho nitro benzene ring substituents is 1. The molecule has 1 saturated heterocycles. The molecule has 0 unspecified atom stereocenters. The number of hydrogen-bond acceptors (Lipinski definition) is 6. The molecule has 1 fully saturated rings. The SMILES string of the molecule is CC[C@@]1(c2ccccc2)NC(=O)N(CC(=O)Nc2cc([N+](=O)[O-])ccc2OC)C1=O. The zero-order valence-electron chi connectivity index (χ0n) is 16.4. The molecule has 2 N–H and O–H groups in total. The molecule has 30 heavy (non-hydrogen) atoms. The summed E-state index contributed by atoms with van der Waals surface area (Å²) in [5.74, 6) is -1.03. The molecule has 156 valence electrons. The molecule has 0 spiro atoms. The fourth-order valence-corrected chi connectivity index (χ4v) is 3.37. The van der Waals surface area contributed by atoms with Crippen LogP contribution in [0.2, 0.25) is 0 Å². The van der Waals surface area contributed by atoms with Crippen molar-refractivity contribution in [2.24, 2.45) is 0 Å². The first-order valence-corrected chi connectivity index (χ1v) is 9.14. The zero-order valence-corrected chi connectivity index (χ0v) is 16.4. The second-order valence-electron chi connectivity index (χ2n) is 6.64. The summed E-state index contributed by atoms with van der Waals surface area (Å²) in [4.78, 5) is 49.3. The molecule has 1 atom stereocenters. The van der Waals surface area contributed by atoms with Crippen molar-refractivity contribution in [3.63, 3.8) is 0 Å². The normalized spacial score (nSPS) is 18.1. The molecule has 3 rings (SSSR count). The van der Waals surface area contributed by atoms with E-state index in [4.69, 9.17) is 4.74 Å². The third-order valence-electron chi connectivity index (χ3n) is 4.94. The lowest BCUT2D eigenvalue weighted by atomic mass is 9.87. The number of carbonyl (C=O) groups is 3. The smallest absolute Gasteiger partial charge is 0.325 e. The van der Waals surface area contributed by atoms with Gasteiger partial charge in [0.05, 0.1) is 17.7 Å². The molecule has 0 saturated carbocycles. The van der Waals surface area contributed by atoms with Gasteiger partial charge in [0.25, 0.3) is 11.6 Å². The van der Waals surface area contributed by atoms with E-state index >= 15 is 0 Å². The summed E-state index contributed by atoms with van der Waals surface area (Å²) < 4.78 is 5.10. The van der Waals surface area contributed by atoms with Crippen LogP contribution in [0.3, 0.4) is 0 Å². The molecule has 2 aromatic rings. The van der Waals surface area contributed by atoms with E-state index in [1.165, 1.54) is 19.2 Å². The number of imide groups is 1. The standard InChI is InChI=1S/C20H20N4O6/c1-3-20(13-7-5-4-6-8-13)18(26)23(19(27)22-20)12-17(25)21-15-11-14(24(28)29)9-10-16(15)30-2/h4-11H,3,12H2,1-2H3,(H,21,25)(H,22,27)/t20-/m0/s1. The number of rotatable bonds is 7. The lowest BCUT2D eigenvalue weighted by molar-refractivity contribution is -0.384. The molecule has 2 aromatic carbocycles. The van der Waals surface area contributed by atoms with Crippen LogP contribution in [0.1, 0.15) is 18.9 Å². The quantitative estimate of drug-likeness (QED) is 0.408. The van der Waals surface area contributed by atoms with E-state index in [1.54, 1.807) is 37.3 Å². The highest BCUT2D eigenvalue weighted by Gasteiger charge is 2.51. The van der Waals surface area contributed by atoms with E-state index in [1.807, 2.05) is 0 Å². The maximum Gasteiger partial charge on any atom is 0.325 e. The minimum Gasteiger partial charge on any atom is -0.495 e. The minimum absolute atomic E-state index is 0.0635. The van der Waals surface area contributed by atoms with E-state index in [-0.39, 0.29) is 17.1 Å².